The molecule has 18 heavy (non-hydrogen) atoms. The highest BCUT2D eigenvalue weighted by Gasteiger charge is 2.15. The molecule has 1 unspecified atom stereocenters. The average molecular weight is 272 g/mol. The minimum absolute atomic E-state index is 0.107. The Labute approximate surface area is 117 Å². The number of carbonyl (C=O) groups excluding carboxylic acids is 1. The lowest BCUT2D eigenvalue weighted by molar-refractivity contribution is -0.131. The lowest BCUT2D eigenvalue weighted by Gasteiger charge is -2.24. The molecule has 0 aliphatic carbocycles. The molecule has 0 saturated heterocycles. The Bertz CT molecular complexity index is 256. The second-order valence-corrected chi connectivity index (χ2v) is 5.57. The van der Waals surface area contributed by atoms with Gasteiger partial charge in [0.25, 0.3) is 0 Å². The van der Waals surface area contributed by atoms with Crippen LogP contribution in [-0.2, 0) is 4.79 Å². The van der Waals surface area contributed by atoms with Crippen molar-refractivity contribution >= 4 is 23.1 Å². The number of rotatable bonds is 10. The predicted molar refractivity (Wildman–Crippen MR) is 81.6 cm³/mol. The van der Waals surface area contributed by atoms with Crippen LogP contribution in [0.2, 0.25) is 0 Å². The van der Waals surface area contributed by atoms with Crippen LogP contribution in [0, 0.1) is 0 Å². The standard InChI is InChI=1S/C14H28N2OS/c1-4-5-6-7-8-9-10-14(17)16(3)12(2)11-13(15)18/h12H,4-11H2,1-3H3,(H2,15,18). The minimum atomic E-state index is 0.107. The van der Waals surface area contributed by atoms with Gasteiger partial charge >= 0.3 is 0 Å². The summed E-state index contributed by atoms with van der Waals surface area (Å²) in [6, 6.07) is 0.107. The van der Waals surface area contributed by atoms with Crippen LogP contribution in [0.25, 0.3) is 0 Å². The smallest absolute Gasteiger partial charge is 0.222 e. The first-order chi connectivity index (χ1) is 8.49. The third kappa shape index (κ3) is 8.45. The fourth-order valence-corrected chi connectivity index (χ4v) is 2.15. The summed E-state index contributed by atoms with van der Waals surface area (Å²) in [4.78, 5) is 14.1. The van der Waals surface area contributed by atoms with Gasteiger partial charge in [-0.3, -0.25) is 4.79 Å². The first kappa shape index (κ1) is 17.4. The van der Waals surface area contributed by atoms with E-state index >= 15 is 0 Å². The molecule has 1 amide bonds. The summed E-state index contributed by atoms with van der Waals surface area (Å²) in [6.45, 7) is 4.19. The van der Waals surface area contributed by atoms with Crippen LogP contribution in [0.5, 0.6) is 0 Å². The number of thiocarbonyl (C=S) groups is 1. The van der Waals surface area contributed by atoms with Gasteiger partial charge in [-0.15, -0.1) is 0 Å². The molecule has 0 spiro atoms. The van der Waals surface area contributed by atoms with Crippen molar-refractivity contribution in [3.8, 4) is 0 Å². The maximum Gasteiger partial charge on any atom is 0.222 e. The number of hydrogen-bond acceptors (Lipinski definition) is 2. The zero-order valence-corrected chi connectivity index (χ0v) is 12.9. The minimum Gasteiger partial charge on any atom is -0.393 e. The van der Waals surface area contributed by atoms with Crippen molar-refractivity contribution in [3.63, 3.8) is 0 Å². The third-order valence-electron chi connectivity index (χ3n) is 3.30. The molecule has 0 bridgehead atoms. The van der Waals surface area contributed by atoms with Crippen LogP contribution in [0.4, 0.5) is 0 Å². The van der Waals surface area contributed by atoms with Crippen molar-refractivity contribution in [3.05, 3.63) is 0 Å². The summed E-state index contributed by atoms with van der Waals surface area (Å²) in [5.74, 6) is 0.203. The van der Waals surface area contributed by atoms with Crippen LogP contribution in [0.1, 0.15) is 65.2 Å². The van der Waals surface area contributed by atoms with Gasteiger partial charge in [0.05, 0.1) is 4.99 Å². The Kier molecular flexibility index (Phi) is 9.93. The number of unbranched alkanes of at least 4 members (excludes halogenated alkanes) is 5. The van der Waals surface area contributed by atoms with Crippen LogP contribution in [0.3, 0.4) is 0 Å². The summed E-state index contributed by atoms with van der Waals surface area (Å²) in [6.07, 6.45) is 8.50. The van der Waals surface area contributed by atoms with Crippen LogP contribution >= 0.6 is 12.2 Å². The zero-order valence-electron chi connectivity index (χ0n) is 12.1. The fraction of sp³-hybridized carbons (Fsp3) is 0.857. The van der Waals surface area contributed by atoms with Gasteiger partial charge in [-0.05, 0) is 13.3 Å². The molecular formula is C14H28N2OS. The number of nitrogens with zero attached hydrogens (tertiary/aromatic N) is 1. The summed E-state index contributed by atoms with van der Waals surface area (Å²) in [7, 11) is 1.84. The van der Waals surface area contributed by atoms with E-state index in [0.717, 1.165) is 12.8 Å². The van der Waals surface area contributed by atoms with Gasteiger partial charge in [0.2, 0.25) is 5.91 Å². The molecule has 0 radical (unpaired) electrons. The van der Waals surface area contributed by atoms with Crippen LogP contribution in [-0.4, -0.2) is 28.9 Å². The Morgan fingerprint density at radius 3 is 2.33 bits per heavy atom. The molecule has 3 nitrogen and oxygen atoms in total. The fourth-order valence-electron chi connectivity index (χ4n) is 1.91. The monoisotopic (exact) mass is 272 g/mol. The maximum atomic E-state index is 11.9. The number of hydrogen-bond donors (Lipinski definition) is 1. The molecular weight excluding hydrogens is 244 g/mol. The van der Waals surface area contributed by atoms with E-state index in [1.165, 1.54) is 25.7 Å². The van der Waals surface area contributed by atoms with Gasteiger partial charge in [-0.2, -0.15) is 0 Å². The molecule has 0 fully saturated rings. The molecule has 0 aromatic rings. The van der Waals surface area contributed by atoms with Gasteiger partial charge in [0, 0.05) is 25.9 Å². The second-order valence-electron chi connectivity index (χ2n) is 5.04. The van der Waals surface area contributed by atoms with Gasteiger partial charge in [-0.25, -0.2) is 0 Å². The summed E-state index contributed by atoms with van der Waals surface area (Å²) < 4.78 is 0. The molecule has 0 saturated carbocycles. The Morgan fingerprint density at radius 1 is 1.22 bits per heavy atom. The van der Waals surface area contributed by atoms with Crippen molar-refractivity contribution in [1.29, 1.82) is 0 Å². The van der Waals surface area contributed by atoms with E-state index in [4.69, 9.17) is 18.0 Å². The van der Waals surface area contributed by atoms with Gasteiger partial charge in [0.1, 0.15) is 0 Å². The quantitative estimate of drug-likeness (QED) is 0.490. The molecule has 0 rings (SSSR count). The predicted octanol–water partition coefficient (Wildman–Crippen LogP) is 3.26. The van der Waals surface area contributed by atoms with Gasteiger partial charge < -0.3 is 10.6 Å². The average Bonchev–Trinajstić information content (AvgIpc) is 2.31. The molecule has 106 valence electrons. The van der Waals surface area contributed by atoms with Crippen LogP contribution in [0.15, 0.2) is 0 Å². The van der Waals surface area contributed by atoms with E-state index in [1.807, 2.05) is 14.0 Å². The third-order valence-corrected chi connectivity index (χ3v) is 3.46. The Hall–Kier alpha value is -0.640. The molecule has 0 aliphatic rings. The molecule has 2 N–H and O–H groups in total. The molecule has 1 atom stereocenters. The van der Waals surface area contributed by atoms with Crippen molar-refractivity contribution < 1.29 is 4.79 Å². The van der Waals surface area contributed by atoms with E-state index < -0.39 is 0 Å². The highest BCUT2D eigenvalue weighted by molar-refractivity contribution is 7.80. The number of nitrogens with two attached hydrogens (primary N) is 1. The SMILES string of the molecule is CCCCCCCCC(=O)N(C)C(C)CC(N)=S. The van der Waals surface area contributed by atoms with E-state index in [9.17, 15) is 4.79 Å². The first-order valence-electron chi connectivity index (χ1n) is 7.03. The van der Waals surface area contributed by atoms with Gasteiger partial charge in [-0.1, -0.05) is 51.2 Å². The van der Waals surface area contributed by atoms with Crippen molar-refractivity contribution in [2.24, 2.45) is 5.73 Å². The van der Waals surface area contributed by atoms with Gasteiger partial charge in [0.15, 0.2) is 0 Å². The van der Waals surface area contributed by atoms with Crippen LogP contribution < -0.4 is 5.73 Å². The summed E-state index contributed by atoms with van der Waals surface area (Å²) >= 11 is 4.86. The Morgan fingerprint density at radius 2 is 1.78 bits per heavy atom. The lowest BCUT2D eigenvalue weighted by Crippen LogP contribution is -2.37. The lowest BCUT2D eigenvalue weighted by atomic mass is 10.1. The molecule has 0 aliphatic heterocycles. The van der Waals surface area contributed by atoms with Crippen molar-refractivity contribution in [2.75, 3.05) is 7.05 Å². The van der Waals surface area contributed by atoms with E-state index in [-0.39, 0.29) is 11.9 Å². The van der Waals surface area contributed by atoms with Crippen molar-refractivity contribution in [1.82, 2.24) is 4.90 Å². The highest BCUT2D eigenvalue weighted by atomic mass is 32.1. The first-order valence-corrected chi connectivity index (χ1v) is 7.43. The van der Waals surface area contributed by atoms with E-state index in [1.54, 1.807) is 4.90 Å². The molecule has 4 heteroatoms. The molecule has 0 heterocycles. The normalized spacial score (nSPS) is 12.2. The number of carbonyl (C=O) groups is 1. The topological polar surface area (TPSA) is 46.3 Å². The highest BCUT2D eigenvalue weighted by Crippen LogP contribution is 2.10. The summed E-state index contributed by atoms with van der Waals surface area (Å²) in [5.41, 5.74) is 5.49. The second kappa shape index (κ2) is 10.3. The summed E-state index contributed by atoms with van der Waals surface area (Å²) in [5, 5.41) is 0. The van der Waals surface area contributed by atoms with E-state index in [2.05, 4.69) is 6.92 Å². The molecule has 0 aromatic heterocycles. The van der Waals surface area contributed by atoms with Crippen molar-refractivity contribution in [2.45, 2.75) is 71.3 Å². The maximum absolute atomic E-state index is 11.9. The molecule has 0 aromatic carbocycles. The zero-order chi connectivity index (χ0) is 14.0. The Balaban J connectivity index is 3.70. The largest absolute Gasteiger partial charge is 0.393 e. The number of amides is 1. The van der Waals surface area contributed by atoms with E-state index in [0.29, 0.717) is 17.8 Å².